The molecule has 0 unspecified atom stereocenters. The number of aromatic nitrogens is 2. The summed E-state index contributed by atoms with van der Waals surface area (Å²) < 4.78 is 7.38. The van der Waals surface area contributed by atoms with E-state index >= 15 is 0 Å². The highest BCUT2D eigenvalue weighted by molar-refractivity contribution is 6.43. The summed E-state index contributed by atoms with van der Waals surface area (Å²) in [7, 11) is 0. The average molecular weight is 356 g/mol. The minimum Gasteiger partial charge on any atom is -0.463 e. The van der Waals surface area contributed by atoms with Gasteiger partial charge < -0.3 is 4.42 Å². The molecule has 0 amide bonds. The van der Waals surface area contributed by atoms with Crippen LogP contribution < -0.4 is 0 Å². The molecule has 0 N–H and O–H groups in total. The number of rotatable bonds is 3. The zero-order valence-corrected chi connectivity index (χ0v) is 13.9. The summed E-state index contributed by atoms with van der Waals surface area (Å²) in [5.74, 6) is 1.32. The van der Waals surface area contributed by atoms with Gasteiger partial charge in [0.15, 0.2) is 17.3 Å². The number of fused-ring (bicyclic) bond motifs is 1. The summed E-state index contributed by atoms with van der Waals surface area (Å²) in [5.41, 5.74) is 2.19. The van der Waals surface area contributed by atoms with E-state index in [-0.39, 0.29) is 0 Å². The molecule has 6 heteroatoms. The lowest BCUT2D eigenvalue weighted by Gasteiger charge is -2.01. The Labute approximate surface area is 148 Å². The highest BCUT2D eigenvalue weighted by atomic mass is 35.5. The molecule has 4 rings (SSSR count). The molecule has 0 saturated carbocycles. The molecule has 0 spiro atoms. The topological polar surface area (TPSA) is 42.8 Å². The fraction of sp³-hybridized carbons (Fsp3) is 0. The summed E-state index contributed by atoms with van der Waals surface area (Å²) in [6.07, 6.45) is 5.19. The van der Waals surface area contributed by atoms with E-state index in [4.69, 9.17) is 27.6 Å². The molecular weight excluding hydrogens is 345 g/mol. The highest BCUT2D eigenvalue weighted by Crippen LogP contribution is 2.32. The quantitative estimate of drug-likeness (QED) is 0.445. The molecular formula is C18H11Cl2N3O. The first kappa shape index (κ1) is 15.0. The van der Waals surface area contributed by atoms with Crippen molar-refractivity contribution in [2.24, 2.45) is 4.99 Å². The Bertz CT molecular complexity index is 1040. The molecule has 0 aliphatic rings. The van der Waals surface area contributed by atoms with Gasteiger partial charge in [0.05, 0.1) is 16.3 Å². The fourth-order valence-corrected chi connectivity index (χ4v) is 2.79. The minimum absolute atomic E-state index is 0.469. The molecule has 4 nitrogen and oxygen atoms in total. The molecule has 1 aromatic carbocycles. The number of hydrogen-bond acceptors (Lipinski definition) is 3. The zero-order chi connectivity index (χ0) is 16.5. The van der Waals surface area contributed by atoms with Gasteiger partial charge in [-0.05, 0) is 30.3 Å². The maximum absolute atomic E-state index is 6.23. The van der Waals surface area contributed by atoms with Crippen molar-refractivity contribution in [1.82, 2.24) is 9.38 Å². The van der Waals surface area contributed by atoms with Crippen LogP contribution in [0.5, 0.6) is 0 Å². The Balaban J connectivity index is 1.88. The summed E-state index contributed by atoms with van der Waals surface area (Å²) in [6, 6.07) is 14.9. The van der Waals surface area contributed by atoms with Crippen molar-refractivity contribution in [3.63, 3.8) is 0 Å². The van der Waals surface area contributed by atoms with E-state index in [0.29, 0.717) is 27.3 Å². The largest absolute Gasteiger partial charge is 0.463 e. The van der Waals surface area contributed by atoms with Crippen LogP contribution in [0.25, 0.3) is 17.1 Å². The van der Waals surface area contributed by atoms with Crippen LogP contribution in [0.15, 0.2) is 70.4 Å². The molecule has 0 aliphatic carbocycles. The van der Waals surface area contributed by atoms with Crippen LogP contribution >= 0.6 is 23.2 Å². The Hall–Kier alpha value is -2.56. The Morgan fingerprint density at radius 3 is 2.79 bits per heavy atom. The van der Waals surface area contributed by atoms with E-state index in [2.05, 4.69) is 9.98 Å². The number of hydrogen-bond donors (Lipinski definition) is 0. The summed E-state index contributed by atoms with van der Waals surface area (Å²) in [4.78, 5) is 9.20. The predicted octanol–water partition coefficient (Wildman–Crippen LogP) is 5.65. The molecule has 0 aliphatic heterocycles. The van der Waals surface area contributed by atoms with Gasteiger partial charge in [0, 0.05) is 18.0 Å². The van der Waals surface area contributed by atoms with E-state index in [9.17, 15) is 0 Å². The van der Waals surface area contributed by atoms with Gasteiger partial charge in [-0.3, -0.25) is 4.40 Å². The van der Waals surface area contributed by atoms with Crippen molar-refractivity contribution in [2.45, 2.75) is 0 Å². The van der Waals surface area contributed by atoms with Crippen LogP contribution in [0, 0.1) is 0 Å². The van der Waals surface area contributed by atoms with Gasteiger partial charge >= 0.3 is 0 Å². The molecule has 0 fully saturated rings. The van der Waals surface area contributed by atoms with Gasteiger partial charge in [0.2, 0.25) is 0 Å². The highest BCUT2D eigenvalue weighted by Gasteiger charge is 2.15. The maximum Gasteiger partial charge on any atom is 0.168 e. The summed E-state index contributed by atoms with van der Waals surface area (Å²) in [6.45, 7) is 0. The maximum atomic E-state index is 6.23. The normalized spacial score (nSPS) is 11.6. The summed E-state index contributed by atoms with van der Waals surface area (Å²) in [5, 5.41) is 0.960. The predicted molar refractivity (Wildman–Crippen MR) is 96.6 cm³/mol. The van der Waals surface area contributed by atoms with Gasteiger partial charge in [0.25, 0.3) is 0 Å². The van der Waals surface area contributed by atoms with Crippen LogP contribution in [0.1, 0.15) is 5.56 Å². The Kier molecular flexibility index (Phi) is 3.84. The molecule has 24 heavy (non-hydrogen) atoms. The lowest BCUT2D eigenvalue weighted by molar-refractivity contribution is 0.580. The molecule has 4 aromatic rings. The lowest BCUT2D eigenvalue weighted by Crippen LogP contribution is -1.86. The van der Waals surface area contributed by atoms with E-state index in [1.165, 1.54) is 0 Å². The number of benzene rings is 1. The first-order valence-corrected chi connectivity index (χ1v) is 7.98. The van der Waals surface area contributed by atoms with Crippen molar-refractivity contribution in [2.75, 3.05) is 0 Å². The first-order valence-electron chi connectivity index (χ1n) is 7.23. The van der Waals surface area contributed by atoms with Crippen LogP contribution in [0.4, 0.5) is 5.82 Å². The number of pyridine rings is 1. The van der Waals surface area contributed by atoms with Gasteiger partial charge in [-0.1, -0.05) is 41.4 Å². The van der Waals surface area contributed by atoms with E-state index in [1.54, 1.807) is 18.5 Å². The van der Waals surface area contributed by atoms with E-state index < -0.39 is 0 Å². The number of nitrogens with zero attached hydrogens (tertiary/aromatic N) is 3. The molecule has 118 valence electrons. The second-order valence-corrected chi connectivity index (χ2v) is 5.88. The molecule has 0 atom stereocenters. The molecule has 0 saturated heterocycles. The second kappa shape index (κ2) is 6.15. The molecule has 0 radical (unpaired) electrons. The lowest BCUT2D eigenvalue weighted by atomic mass is 10.2. The SMILES string of the molecule is Clc1cccc(/C=N/c2c(-c3ccco3)nc3ccccn23)c1Cl. The van der Waals surface area contributed by atoms with Crippen molar-refractivity contribution < 1.29 is 4.42 Å². The third kappa shape index (κ3) is 2.60. The standard InChI is InChI=1S/C18H11Cl2N3O/c19-13-6-3-5-12(16(13)20)11-21-18-17(14-7-4-10-24-14)22-15-8-1-2-9-23(15)18/h1-11H/b21-11+. The molecule has 3 heterocycles. The molecule has 0 bridgehead atoms. The van der Waals surface area contributed by atoms with Crippen molar-refractivity contribution in [1.29, 1.82) is 0 Å². The van der Waals surface area contributed by atoms with E-state index in [1.807, 2.05) is 53.1 Å². The number of halogens is 2. The van der Waals surface area contributed by atoms with Gasteiger partial charge in [-0.2, -0.15) is 0 Å². The van der Waals surface area contributed by atoms with Crippen LogP contribution in [0.2, 0.25) is 10.0 Å². The number of imidazole rings is 1. The number of aliphatic imine (C=N–C) groups is 1. The van der Waals surface area contributed by atoms with Crippen molar-refractivity contribution in [3.05, 3.63) is 76.6 Å². The fourth-order valence-electron chi connectivity index (χ4n) is 2.44. The van der Waals surface area contributed by atoms with Gasteiger partial charge in [-0.15, -0.1) is 0 Å². The van der Waals surface area contributed by atoms with E-state index in [0.717, 1.165) is 11.2 Å². The van der Waals surface area contributed by atoms with Crippen molar-refractivity contribution in [3.8, 4) is 11.5 Å². The monoisotopic (exact) mass is 355 g/mol. The Morgan fingerprint density at radius 1 is 1.04 bits per heavy atom. The summed E-state index contributed by atoms with van der Waals surface area (Å²) >= 11 is 12.3. The van der Waals surface area contributed by atoms with Gasteiger partial charge in [-0.25, -0.2) is 9.98 Å². The zero-order valence-electron chi connectivity index (χ0n) is 12.4. The van der Waals surface area contributed by atoms with Crippen LogP contribution in [0.3, 0.4) is 0 Å². The third-order valence-electron chi connectivity index (χ3n) is 3.57. The van der Waals surface area contributed by atoms with Crippen LogP contribution in [-0.2, 0) is 0 Å². The first-order chi connectivity index (χ1) is 11.7. The van der Waals surface area contributed by atoms with Crippen molar-refractivity contribution >= 4 is 40.9 Å². The second-order valence-electron chi connectivity index (χ2n) is 5.09. The smallest absolute Gasteiger partial charge is 0.168 e. The third-order valence-corrected chi connectivity index (χ3v) is 4.40. The number of furan rings is 1. The van der Waals surface area contributed by atoms with Crippen LogP contribution in [-0.4, -0.2) is 15.6 Å². The van der Waals surface area contributed by atoms with Gasteiger partial charge in [0.1, 0.15) is 5.65 Å². The molecule has 3 aromatic heterocycles. The average Bonchev–Trinajstić information content (AvgIpc) is 3.23. The minimum atomic E-state index is 0.469. The Morgan fingerprint density at radius 2 is 1.96 bits per heavy atom.